The van der Waals surface area contributed by atoms with Gasteiger partial charge in [-0.2, -0.15) is 0 Å². The van der Waals surface area contributed by atoms with E-state index in [1.165, 1.54) is 0 Å². The molecular weight excluding hydrogens is 214 g/mol. The molecule has 0 radical (unpaired) electrons. The maximum absolute atomic E-state index is 8.84. The fourth-order valence-corrected chi connectivity index (χ4v) is 1.20. The molecule has 0 fully saturated rings. The number of hydrogen-bond donors (Lipinski definition) is 3. The number of aliphatic hydroxyl groups is 3. The Kier molecular flexibility index (Phi) is 12.6. The molecule has 0 amide bonds. The van der Waals surface area contributed by atoms with Crippen LogP contribution < -0.4 is 0 Å². The Bertz CT molecular complexity index is 124. The quantitative estimate of drug-likeness (QED) is 0.351. The number of nitrogens with zero attached hydrogens (tertiary/aromatic N) is 1. The third-order valence-corrected chi connectivity index (χ3v) is 1.99. The van der Waals surface area contributed by atoms with E-state index in [2.05, 4.69) is 0 Å². The van der Waals surface area contributed by atoms with Crippen molar-refractivity contribution in [2.24, 2.45) is 0 Å². The third-order valence-electron chi connectivity index (χ3n) is 1.99. The monoisotopic (exact) mass is 237 g/mol. The standard InChI is InChI=1S/C10H23NO5/c12-4-1-11(2-7-15-9-5-13)3-8-16-10-6-14/h12-14H,1-10H2. The lowest BCUT2D eigenvalue weighted by atomic mass is 10.4. The highest BCUT2D eigenvalue weighted by atomic mass is 16.5. The molecule has 0 unspecified atom stereocenters. The summed E-state index contributed by atoms with van der Waals surface area (Å²) in [7, 11) is 0. The Morgan fingerprint density at radius 2 is 1.12 bits per heavy atom. The van der Waals surface area contributed by atoms with Gasteiger partial charge in [0.15, 0.2) is 0 Å². The van der Waals surface area contributed by atoms with Gasteiger partial charge in [0.25, 0.3) is 0 Å². The second-order valence-electron chi connectivity index (χ2n) is 3.24. The molecule has 0 aromatic heterocycles. The molecule has 0 spiro atoms. The molecule has 0 atom stereocenters. The van der Waals surface area contributed by atoms with Gasteiger partial charge >= 0.3 is 0 Å². The first-order valence-electron chi connectivity index (χ1n) is 5.55. The molecule has 0 rings (SSSR count). The number of rotatable bonds is 12. The molecular formula is C10H23NO5. The lowest BCUT2D eigenvalue weighted by Crippen LogP contribution is -2.33. The van der Waals surface area contributed by atoms with Crippen LogP contribution in [0.5, 0.6) is 0 Å². The van der Waals surface area contributed by atoms with Crippen LogP contribution in [0.3, 0.4) is 0 Å². The van der Waals surface area contributed by atoms with Crippen molar-refractivity contribution in [1.29, 1.82) is 0 Å². The smallest absolute Gasteiger partial charge is 0.0698 e. The molecule has 0 aliphatic carbocycles. The van der Waals surface area contributed by atoms with Crippen LogP contribution in [-0.4, -0.2) is 86.1 Å². The minimum atomic E-state index is 0.0274. The van der Waals surface area contributed by atoms with Gasteiger partial charge in [-0.05, 0) is 0 Å². The Labute approximate surface area is 96.4 Å². The molecule has 0 aliphatic heterocycles. The second kappa shape index (κ2) is 12.8. The van der Waals surface area contributed by atoms with Gasteiger partial charge in [0.05, 0.1) is 46.2 Å². The summed E-state index contributed by atoms with van der Waals surface area (Å²) in [6, 6.07) is 0. The van der Waals surface area contributed by atoms with Crippen LogP contribution in [0, 0.1) is 0 Å². The van der Waals surface area contributed by atoms with Crippen molar-refractivity contribution in [1.82, 2.24) is 4.90 Å². The van der Waals surface area contributed by atoms with Crippen molar-refractivity contribution in [3.05, 3.63) is 0 Å². The lowest BCUT2D eigenvalue weighted by Gasteiger charge is -2.20. The Balaban J connectivity index is 3.45. The van der Waals surface area contributed by atoms with Crippen molar-refractivity contribution >= 4 is 0 Å². The number of ether oxygens (including phenoxy) is 2. The first-order chi connectivity index (χ1) is 7.85. The van der Waals surface area contributed by atoms with E-state index in [-0.39, 0.29) is 19.8 Å². The maximum Gasteiger partial charge on any atom is 0.0698 e. The zero-order valence-corrected chi connectivity index (χ0v) is 9.68. The van der Waals surface area contributed by atoms with E-state index in [0.29, 0.717) is 46.1 Å². The van der Waals surface area contributed by atoms with Crippen LogP contribution in [0.15, 0.2) is 0 Å². The molecule has 0 saturated carbocycles. The first-order valence-corrected chi connectivity index (χ1v) is 5.55. The molecule has 6 nitrogen and oxygen atoms in total. The zero-order chi connectivity index (χ0) is 12.1. The Morgan fingerprint density at radius 1 is 0.625 bits per heavy atom. The Morgan fingerprint density at radius 3 is 1.50 bits per heavy atom. The fraction of sp³-hybridized carbons (Fsp3) is 1.00. The van der Waals surface area contributed by atoms with Gasteiger partial charge in [-0.1, -0.05) is 0 Å². The van der Waals surface area contributed by atoms with Crippen LogP contribution in [0.1, 0.15) is 0 Å². The molecule has 0 saturated heterocycles. The van der Waals surface area contributed by atoms with E-state index < -0.39 is 0 Å². The summed E-state index contributed by atoms with van der Waals surface area (Å²) >= 11 is 0. The minimum absolute atomic E-state index is 0.0274. The number of aliphatic hydroxyl groups excluding tert-OH is 3. The summed E-state index contributed by atoms with van der Waals surface area (Å²) in [6.45, 7) is 3.86. The van der Waals surface area contributed by atoms with Crippen molar-refractivity contribution in [3.63, 3.8) is 0 Å². The van der Waals surface area contributed by atoms with Crippen molar-refractivity contribution < 1.29 is 24.8 Å². The fourth-order valence-electron chi connectivity index (χ4n) is 1.20. The molecule has 98 valence electrons. The summed E-state index contributed by atoms with van der Waals surface area (Å²) in [6.07, 6.45) is 0. The maximum atomic E-state index is 8.84. The SMILES string of the molecule is OCCOCCN(CCO)CCOCCO. The lowest BCUT2D eigenvalue weighted by molar-refractivity contribution is 0.0460. The van der Waals surface area contributed by atoms with Crippen molar-refractivity contribution in [2.75, 3.05) is 65.9 Å². The zero-order valence-electron chi connectivity index (χ0n) is 9.68. The van der Waals surface area contributed by atoms with Crippen molar-refractivity contribution in [2.45, 2.75) is 0 Å². The topological polar surface area (TPSA) is 82.4 Å². The van der Waals surface area contributed by atoms with E-state index in [1.807, 2.05) is 4.90 Å². The Hall–Kier alpha value is -0.240. The van der Waals surface area contributed by atoms with E-state index in [1.54, 1.807) is 0 Å². The molecule has 0 bridgehead atoms. The molecule has 0 aromatic rings. The predicted octanol–water partition coefficient (Wildman–Crippen LogP) is -1.70. The van der Waals surface area contributed by atoms with Crippen LogP contribution in [0.25, 0.3) is 0 Å². The van der Waals surface area contributed by atoms with Gasteiger partial charge in [0, 0.05) is 19.6 Å². The summed E-state index contributed by atoms with van der Waals surface area (Å²) in [5, 5.41) is 25.9. The summed E-state index contributed by atoms with van der Waals surface area (Å²) < 4.78 is 10.3. The molecule has 16 heavy (non-hydrogen) atoms. The van der Waals surface area contributed by atoms with E-state index in [0.717, 1.165) is 0 Å². The third kappa shape index (κ3) is 10.3. The van der Waals surface area contributed by atoms with Gasteiger partial charge in [-0.15, -0.1) is 0 Å². The van der Waals surface area contributed by atoms with E-state index in [9.17, 15) is 0 Å². The normalized spacial score (nSPS) is 11.2. The number of hydrogen-bond acceptors (Lipinski definition) is 6. The second-order valence-corrected chi connectivity index (χ2v) is 3.24. The predicted molar refractivity (Wildman–Crippen MR) is 59.3 cm³/mol. The van der Waals surface area contributed by atoms with E-state index >= 15 is 0 Å². The average Bonchev–Trinajstić information content (AvgIpc) is 2.30. The summed E-state index contributed by atoms with van der Waals surface area (Å²) in [5.41, 5.74) is 0. The highest BCUT2D eigenvalue weighted by molar-refractivity contribution is 4.56. The van der Waals surface area contributed by atoms with Gasteiger partial charge in [0.1, 0.15) is 0 Å². The molecule has 0 aliphatic rings. The highest BCUT2D eigenvalue weighted by Crippen LogP contribution is 1.89. The molecule has 0 aromatic carbocycles. The van der Waals surface area contributed by atoms with Gasteiger partial charge in [-0.3, -0.25) is 4.90 Å². The van der Waals surface area contributed by atoms with Crippen LogP contribution in [0.2, 0.25) is 0 Å². The largest absolute Gasteiger partial charge is 0.395 e. The van der Waals surface area contributed by atoms with Gasteiger partial charge in [-0.25, -0.2) is 0 Å². The van der Waals surface area contributed by atoms with E-state index in [4.69, 9.17) is 24.8 Å². The summed E-state index contributed by atoms with van der Waals surface area (Å²) in [5.74, 6) is 0. The molecule has 6 heteroatoms. The molecule has 0 heterocycles. The first kappa shape index (κ1) is 15.8. The van der Waals surface area contributed by atoms with Gasteiger partial charge < -0.3 is 24.8 Å². The highest BCUT2D eigenvalue weighted by Gasteiger charge is 2.03. The van der Waals surface area contributed by atoms with Crippen LogP contribution >= 0.6 is 0 Å². The average molecular weight is 237 g/mol. The summed E-state index contributed by atoms with van der Waals surface area (Å²) in [4.78, 5) is 2.01. The minimum Gasteiger partial charge on any atom is -0.395 e. The van der Waals surface area contributed by atoms with Crippen LogP contribution in [-0.2, 0) is 9.47 Å². The van der Waals surface area contributed by atoms with Crippen LogP contribution in [0.4, 0.5) is 0 Å². The molecule has 3 N–H and O–H groups in total. The van der Waals surface area contributed by atoms with Gasteiger partial charge in [0.2, 0.25) is 0 Å². The van der Waals surface area contributed by atoms with Crippen molar-refractivity contribution in [3.8, 4) is 0 Å².